The summed E-state index contributed by atoms with van der Waals surface area (Å²) in [7, 11) is 0. The van der Waals surface area contributed by atoms with Crippen molar-refractivity contribution >= 4 is 21.8 Å². The van der Waals surface area contributed by atoms with Gasteiger partial charge < -0.3 is 15.7 Å². The number of ether oxygens (including phenoxy) is 1. The van der Waals surface area contributed by atoms with Gasteiger partial charge in [0.25, 0.3) is 0 Å². The van der Waals surface area contributed by atoms with E-state index in [9.17, 15) is 0 Å². The van der Waals surface area contributed by atoms with Crippen LogP contribution in [-0.2, 0) is 6.61 Å². The maximum atomic E-state index is 8.91. The molecule has 2 rings (SSSR count). The third-order valence-corrected chi connectivity index (χ3v) is 3.77. The van der Waals surface area contributed by atoms with Crippen molar-refractivity contribution in [2.75, 3.05) is 0 Å². The van der Waals surface area contributed by atoms with E-state index in [-0.39, 0.29) is 5.84 Å². The summed E-state index contributed by atoms with van der Waals surface area (Å²) in [4.78, 5) is 4.31. The molecule has 0 aliphatic carbocycles. The highest BCUT2D eigenvalue weighted by atomic mass is 79.9. The Morgan fingerprint density at radius 2 is 2.10 bits per heavy atom. The molecule has 21 heavy (non-hydrogen) atoms. The summed E-state index contributed by atoms with van der Waals surface area (Å²) in [6.45, 7) is 4.04. The standard InChI is InChI=1S/C15H16BrN3O2/c1-9-7-13(14(10(2)18-9)15(17)19-20)21-8-11-5-3-4-6-12(11)16/h3-7,20H,8H2,1-2H3,(H2,17,19). The summed E-state index contributed by atoms with van der Waals surface area (Å²) in [6.07, 6.45) is 0. The van der Waals surface area contributed by atoms with E-state index in [1.54, 1.807) is 13.0 Å². The quantitative estimate of drug-likeness (QED) is 0.384. The minimum atomic E-state index is -0.0119. The number of amidine groups is 1. The second-order valence-electron chi connectivity index (χ2n) is 4.59. The normalized spacial score (nSPS) is 11.5. The first-order valence-corrected chi connectivity index (χ1v) is 7.14. The zero-order valence-corrected chi connectivity index (χ0v) is 13.4. The van der Waals surface area contributed by atoms with Crippen LogP contribution in [0.15, 0.2) is 40.0 Å². The molecule has 0 saturated heterocycles. The van der Waals surface area contributed by atoms with Gasteiger partial charge >= 0.3 is 0 Å². The Balaban J connectivity index is 2.33. The van der Waals surface area contributed by atoms with Crippen molar-refractivity contribution in [3.05, 3.63) is 57.3 Å². The van der Waals surface area contributed by atoms with Crippen LogP contribution in [0, 0.1) is 13.8 Å². The van der Waals surface area contributed by atoms with Crippen molar-refractivity contribution < 1.29 is 9.94 Å². The number of oxime groups is 1. The van der Waals surface area contributed by atoms with Crippen molar-refractivity contribution in [3.63, 3.8) is 0 Å². The first-order valence-electron chi connectivity index (χ1n) is 6.35. The molecule has 0 aliphatic heterocycles. The molecule has 110 valence electrons. The molecule has 0 unspecified atom stereocenters. The van der Waals surface area contributed by atoms with Gasteiger partial charge in [0.05, 0.1) is 11.3 Å². The Kier molecular flexibility index (Phi) is 4.80. The highest BCUT2D eigenvalue weighted by Crippen LogP contribution is 2.24. The maximum absolute atomic E-state index is 8.91. The van der Waals surface area contributed by atoms with E-state index in [0.29, 0.717) is 23.6 Å². The van der Waals surface area contributed by atoms with Crippen LogP contribution in [-0.4, -0.2) is 16.0 Å². The maximum Gasteiger partial charge on any atom is 0.175 e. The van der Waals surface area contributed by atoms with E-state index < -0.39 is 0 Å². The molecule has 1 heterocycles. The van der Waals surface area contributed by atoms with Crippen molar-refractivity contribution in [3.8, 4) is 5.75 Å². The van der Waals surface area contributed by atoms with Gasteiger partial charge in [-0.1, -0.05) is 39.3 Å². The molecule has 0 spiro atoms. The van der Waals surface area contributed by atoms with E-state index in [1.165, 1.54) is 0 Å². The van der Waals surface area contributed by atoms with Crippen LogP contribution in [0.2, 0.25) is 0 Å². The van der Waals surface area contributed by atoms with E-state index in [0.717, 1.165) is 15.7 Å². The average Bonchev–Trinajstić information content (AvgIpc) is 2.45. The lowest BCUT2D eigenvalue weighted by atomic mass is 10.1. The van der Waals surface area contributed by atoms with Crippen LogP contribution in [0.3, 0.4) is 0 Å². The summed E-state index contributed by atoms with van der Waals surface area (Å²) in [5.41, 5.74) is 8.70. The molecule has 0 saturated carbocycles. The van der Waals surface area contributed by atoms with Gasteiger partial charge in [-0.15, -0.1) is 0 Å². The van der Waals surface area contributed by atoms with Gasteiger partial charge in [0.1, 0.15) is 12.4 Å². The van der Waals surface area contributed by atoms with Gasteiger partial charge in [-0.25, -0.2) is 0 Å². The van der Waals surface area contributed by atoms with E-state index in [1.807, 2.05) is 31.2 Å². The molecule has 0 radical (unpaired) electrons. The summed E-state index contributed by atoms with van der Waals surface area (Å²) >= 11 is 3.48. The summed E-state index contributed by atoms with van der Waals surface area (Å²) < 4.78 is 6.82. The predicted molar refractivity (Wildman–Crippen MR) is 84.7 cm³/mol. The van der Waals surface area contributed by atoms with Crippen LogP contribution in [0.25, 0.3) is 0 Å². The molecule has 5 nitrogen and oxygen atoms in total. The minimum Gasteiger partial charge on any atom is -0.488 e. The molecule has 6 heteroatoms. The second kappa shape index (κ2) is 6.58. The third-order valence-electron chi connectivity index (χ3n) is 3.00. The third kappa shape index (κ3) is 3.52. The molecular weight excluding hydrogens is 334 g/mol. The largest absolute Gasteiger partial charge is 0.488 e. The predicted octanol–water partition coefficient (Wildman–Crippen LogP) is 3.13. The number of nitrogens with two attached hydrogens (primary N) is 1. The van der Waals surface area contributed by atoms with Gasteiger partial charge in [0.2, 0.25) is 0 Å². The van der Waals surface area contributed by atoms with Crippen molar-refractivity contribution in [1.29, 1.82) is 0 Å². The van der Waals surface area contributed by atoms with E-state index in [2.05, 4.69) is 26.1 Å². The number of halogens is 1. The van der Waals surface area contributed by atoms with Crippen LogP contribution >= 0.6 is 15.9 Å². The van der Waals surface area contributed by atoms with Gasteiger partial charge in [0.15, 0.2) is 5.84 Å². The lowest BCUT2D eigenvalue weighted by molar-refractivity contribution is 0.301. The molecule has 0 fully saturated rings. The Bertz CT molecular complexity index is 687. The number of aryl methyl sites for hydroxylation is 2. The lowest BCUT2D eigenvalue weighted by Crippen LogP contribution is -2.17. The number of hydrogen-bond donors (Lipinski definition) is 2. The fourth-order valence-electron chi connectivity index (χ4n) is 2.04. The molecule has 0 bridgehead atoms. The molecule has 0 aliphatic rings. The average molecular weight is 350 g/mol. The Morgan fingerprint density at radius 3 is 2.76 bits per heavy atom. The Hall–Kier alpha value is -2.08. The van der Waals surface area contributed by atoms with E-state index in [4.69, 9.17) is 15.7 Å². The smallest absolute Gasteiger partial charge is 0.175 e. The molecule has 3 N–H and O–H groups in total. The van der Waals surface area contributed by atoms with Crippen LogP contribution in [0.1, 0.15) is 22.5 Å². The highest BCUT2D eigenvalue weighted by molar-refractivity contribution is 9.10. The molecular formula is C15H16BrN3O2. The molecule has 0 atom stereocenters. The van der Waals surface area contributed by atoms with Crippen molar-refractivity contribution in [2.24, 2.45) is 10.9 Å². The molecule has 1 aromatic heterocycles. The zero-order chi connectivity index (χ0) is 15.4. The van der Waals surface area contributed by atoms with Gasteiger partial charge in [-0.05, 0) is 19.9 Å². The molecule has 0 amide bonds. The number of aromatic nitrogens is 1. The Labute approximate surface area is 131 Å². The monoisotopic (exact) mass is 349 g/mol. The summed E-state index contributed by atoms with van der Waals surface area (Å²) in [6, 6.07) is 9.57. The Morgan fingerprint density at radius 1 is 1.38 bits per heavy atom. The SMILES string of the molecule is Cc1cc(OCc2ccccc2Br)c(/C(N)=N/O)c(C)n1. The summed E-state index contributed by atoms with van der Waals surface area (Å²) in [5, 5.41) is 12.0. The summed E-state index contributed by atoms with van der Waals surface area (Å²) in [5.74, 6) is 0.535. The van der Waals surface area contributed by atoms with Crippen LogP contribution < -0.4 is 10.5 Å². The highest BCUT2D eigenvalue weighted by Gasteiger charge is 2.14. The fourth-order valence-corrected chi connectivity index (χ4v) is 2.44. The van der Waals surface area contributed by atoms with Gasteiger partial charge in [-0.2, -0.15) is 0 Å². The van der Waals surface area contributed by atoms with Crippen LogP contribution in [0.5, 0.6) is 5.75 Å². The van der Waals surface area contributed by atoms with Crippen molar-refractivity contribution in [2.45, 2.75) is 20.5 Å². The van der Waals surface area contributed by atoms with Gasteiger partial charge in [0, 0.05) is 21.8 Å². The topological polar surface area (TPSA) is 80.7 Å². The first kappa shape index (κ1) is 15.3. The number of benzene rings is 1. The van der Waals surface area contributed by atoms with E-state index >= 15 is 0 Å². The number of nitrogens with zero attached hydrogens (tertiary/aromatic N) is 2. The number of rotatable bonds is 4. The second-order valence-corrected chi connectivity index (χ2v) is 5.44. The number of pyridine rings is 1. The van der Waals surface area contributed by atoms with Crippen LogP contribution in [0.4, 0.5) is 0 Å². The van der Waals surface area contributed by atoms with Crippen molar-refractivity contribution in [1.82, 2.24) is 4.98 Å². The first-order chi connectivity index (χ1) is 10.0. The fraction of sp³-hybridized carbons (Fsp3) is 0.200. The zero-order valence-electron chi connectivity index (χ0n) is 11.8. The minimum absolute atomic E-state index is 0.0119. The number of hydrogen-bond acceptors (Lipinski definition) is 4. The lowest BCUT2D eigenvalue weighted by Gasteiger charge is -2.14. The van der Waals surface area contributed by atoms with Gasteiger partial charge in [-0.3, -0.25) is 4.98 Å². The molecule has 1 aromatic carbocycles. The molecule has 2 aromatic rings.